The Kier molecular flexibility index (Phi) is 4.96. The number of nitrogens with zero attached hydrogens (tertiary/aromatic N) is 3. The van der Waals surface area contributed by atoms with Gasteiger partial charge in [0.1, 0.15) is 0 Å². The molecule has 24 heavy (non-hydrogen) atoms. The first-order valence-corrected chi connectivity index (χ1v) is 10.1. The highest BCUT2D eigenvalue weighted by Gasteiger charge is 2.47. The predicted molar refractivity (Wildman–Crippen MR) is 88.9 cm³/mol. The van der Waals surface area contributed by atoms with Crippen molar-refractivity contribution in [3.8, 4) is 0 Å². The van der Waals surface area contributed by atoms with Crippen LogP contribution in [0, 0.1) is 11.8 Å². The van der Waals surface area contributed by atoms with Crippen molar-refractivity contribution in [2.75, 3.05) is 26.2 Å². The van der Waals surface area contributed by atoms with E-state index in [-0.39, 0.29) is 22.8 Å². The van der Waals surface area contributed by atoms with Crippen molar-refractivity contribution in [1.82, 2.24) is 14.4 Å². The number of hydrogen-bond acceptors (Lipinski definition) is 5. The molecule has 0 unspecified atom stereocenters. The van der Waals surface area contributed by atoms with Gasteiger partial charge in [-0.05, 0) is 31.1 Å². The molecule has 2 saturated heterocycles. The average Bonchev–Trinajstić information content (AvgIpc) is 3.06. The Bertz CT molecular complexity index is 672. The van der Waals surface area contributed by atoms with E-state index in [1.165, 1.54) is 6.20 Å². The van der Waals surface area contributed by atoms with Crippen LogP contribution in [0.2, 0.25) is 0 Å². The maximum absolute atomic E-state index is 12.8. The van der Waals surface area contributed by atoms with Gasteiger partial charge in [0.05, 0.1) is 11.4 Å². The third kappa shape index (κ3) is 3.35. The lowest BCUT2D eigenvalue weighted by atomic mass is 10.0. The van der Waals surface area contributed by atoms with Crippen molar-refractivity contribution < 1.29 is 17.7 Å². The van der Waals surface area contributed by atoms with Gasteiger partial charge in [-0.15, -0.1) is 0 Å². The Hall–Kier alpha value is -1.41. The van der Waals surface area contributed by atoms with Crippen molar-refractivity contribution >= 4 is 15.9 Å². The molecule has 1 aromatic rings. The molecule has 2 aliphatic rings. The SMILES string of the molecule is CC(C)CCN1C[C@H]2CCN(C(=O)c3ccno3)CC[C@H]2S1(=O)=O. The van der Waals surface area contributed by atoms with Gasteiger partial charge in [-0.3, -0.25) is 4.79 Å². The summed E-state index contributed by atoms with van der Waals surface area (Å²) in [6, 6.07) is 1.54. The van der Waals surface area contributed by atoms with Crippen molar-refractivity contribution in [2.45, 2.75) is 38.4 Å². The number of sulfonamides is 1. The molecule has 0 aromatic carbocycles. The van der Waals surface area contributed by atoms with Crippen LogP contribution >= 0.6 is 0 Å². The number of aromatic nitrogens is 1. The second-order valence-electron chi connectivity index (χ2n) is 7.13. The molecule has 3 rings (SSSR count). The standard InChI is InChI=1S/C16H25N3O4S/c1-12(2)4-10-19-11-13-5-8-18(9-6-15(13)24(19,21)22)16(20)14-3-7-17-23-14/h3,7,12-13,15H,4-6,8-11H2,1-2H3/t13-,15-/m1/s1. The largest absolute Gasteiger partial charge is 0.351 e. The van der Waals surface area contributed by atoms with Gasteiger partial charge in [0, 0.05) is 32.2 Å². The maximum atomic E-state index is 12.8. The molecule has 3 heterocycles. The molecular formula is C16H25N3O4S. The smallest absolute Gasteiger partial charge is 0.292 e. The molecule has 2 aliphatic heterocycles. The lowest BCUT2D eigenvalue weighted by Gasteiger charge is -2.21. The van der Waals surface area contributed by atoms with Crippen LogP contribution < -0.4 is 0 Å². The van der Waals surface area contributed by atoms with Crippen molar-refractivity contribution in [3.05, 3.63) is 18.0 Å². The molecule has 2 atom stereocenters. The van der Waals surface area contributed by atoms with E-state index in [1.54, 1.807) is 15.3 Å². The summed E-state index contributed by atoms with van der Waals surface area (Å²) in [5.74, 6) is 0.598. The normalized spacial score (nSPS) is 27.2. The van der Waals surface area contributed by atoms with Gasteiger partial charge < -0.3 is 9.42 Å². The molecule has 1 amide bonds. The fourth-order valence-corrected chi connectivity index (χ4v) is 5.86. The third-order valence-electron chi connectivity index (χ3n) is 5.05. The monoisotopic (exact) mass is 355 g/mol. The van der Waals surface area contributed by atoms with Crippen molar-refractivity contribution in [3.63, 3.8) is 0 Å². The number of carbonyl (C=O) groups is 1. The number of fused-ring (bicyclic) bond motifs is 1. The van der Waals surface area contributed by atoms with E-state index in [0.717, 1.165) is 6.42 Å². The Morgan fingerprint density at radius 1 is 1.38 bits per heavy atom. The van der Waals surface area contributed by atoms with Gasteiger partial charge in [0.2, 0.25) is 15.8 Å². The quantitative estimate of drug-likeness (QED) is 0.819. The number of likely N-dealkylation sites (tertiary alicyclic amines) is 1. The van der Waals surface area contributed by atoms with E-state index in [1.807, 2.05) is 0 Å². The zero-order valence-electron chi connectivity index (χ0n) is 14.2. The first kappa shape index (κ1) is 17.4. The number of amides is 1. The Labute approximate surface area is 143 Å². The van der Waals surface area contributed by atoms with Crippen LogP contribution in [0.15, 0.2) is 16.8 Å². The first-order valence-electron chi connectivity index (χ1n) is 8.58. The van der Waals surface area contributed by atoms with Gasteiger partial charge in [-0.25, -0.2) is 12.7 Å². The van der Waals surface area contributed by atoms with E-state index >= 15 is 0 Å². The molecule has 1 aromatic heterocycles. The highest BCUT2D eigenvalue weighted by Crippen LogP contribution is 2.34. The van der Waals surface area contributed by atoms with E-state index < -0.39 is 10.0 Å². The summed E-state index contributed by atoms with van der Waals surface area (Å²) in [7, 11) is -3.25. The summed E-state index contributed by atoms with van der Waals surface area (Å²) < 4.78 is 32.2. The predicted octanol–water partition coefficient (Wildman–Crippen LogP) is 1.59. The van der Waals surface area contributed by atoms with E-state index in [4.69, 9.17) is 4.52 Å². The summed E-state index contributed by atoms with van der Waals surface area (Å²) >= 11 is 0. The summed E-state index contributed by atoms with van der Waals surface area (Å²) in [5, 5.41) is 3.20. The Morgan fingerprint density at radius 2 is 2.12 bits per heavy atom. The average molecular weight is 355 g/mol. The molecule has 0 saturated carbocycles. The van der Waals surface area contributed by atoms with Gasteiger partial charge in [-0.2, -0.15) is 0 Å². The summed E-state index contributed by atoms with van der Waals surface area (Å²) in [6.45, 7) is 6.41. The van der Waals surface area contributed by atoms with Crippen LogP contribution in [0.1, 0.15) is 43.7 Å². The minimum absolute atomic E-state index is 0.106. The van der Waals surface area contributed by atoms with E-state index in [0.29, 0.717) is 44.9 Å². The van der Waals surface area contributed by atoms with Gasteiger partial charge in [-0.1, -0.05) is 19.0 Å². The lowest BCUT2D eigenvalue weighted by Crippen LogP contribution is -2.35. The number of hydrogen-bond donors (Lipinski definition) is 0. The van der Waals surface area contributed by atoms with Crippen molar-refractivity contribution in [2.24, 2.45) is 11.8 Å². The molecule has 8 heteroatoms. The van der Waals surface area contributed by atoms with Crippen LogP contribution in [0.5, 0.6) is 0 Å². The second-order valence-corrected chi connectivity index (χ2v) is 9.28. The highest BCUT2D eigenvalue weighted by atomic mass is 32.2. The number of rotatable bonds is 4. The van der Waals surface area contributed by atoms with Crippen LogP contribution in [-0.2, 0) is 10.0 Å². The van der Waals surface area contributed by atoms with Gasteiger partial charge in [0.15, 0.2) is 0 Å². The van der Waals surface area contributed by atoms with Crippen LogP contribution in [0.4, 0.5) is 0 Å². The van der Waals surface area contributed by atoms with Crippen LogP contribution in [0.25, 0.3) is 0 Å². The Balaban J connectivity index is 1.67. The molecule has 0 aliphatic carbocycles. The van der Waals surface area contributed by atoms with E-state index in [9.17, 15) is 13.2 Å². The minimum Gasteiger partial charge on any atom is -0.351 e. The molecular weight excluding hydrogens is 330 g/mol. The molecule has 7 nitrogen and oxygen atoms in total. The molecule has 2 fully saturated rings. The van der Waals surface area contributed by atoms with E-state index in [2.05, 4.69) is 19.0 Å². The fourth-order valence-electron chi connectivity index (χ4n) is 3.60. The number of carbonyl (C=O) groups excluding carboxylic acids is 1. The highest BCUT2D eigenvalue weighted by molar-refractivity contribution is 7.90. The zero-order valence-corrected chi connectivity index (χ0v) is 15.0. The lowest BCUT2D eigenvalue weighted by molar-refractivity contribution is 0.0717. The maximum Gasteiger partial charge on any atom is 0.292 e. The second kappa shape index (κ2) is 6.84. The molecule has 0 N–H and O–H groups in total. The first-order chi connectivity index (χ1) is 11.4. The van der Waals surface area contributed by atoms with Gasteiger partial charge >= 0.3 is 0 Å². The van der Waals surface area contributed by atoms with Crippen LogP contribution in [0.3, 0.4) is 0 Å². The zero-order chi connectivity index (χ0) is 17.3. The molecule has 134 valence electrons. The summed E-state index contributed by atoms with van der Waals surface area (Å²) in [4.78, 5) is 14.1. The fraction of sp³-hybridized carbons (Fsp3) is 0.750. The molecule has 0 spiro atoms. The van der Waals surface area contributed by atoms with Crippen molar-refractivity contribution in [1.29, 1.82) is 0 Å². The summed E-state index contributed by atoms with van der Waals surface area (Å²) in [5.41, 5.74) is 0. The van der Waals surface area contributed by atoms with Gasteiger partial charge in [0.25, 0.3) is 5.91 Å². The van der Waals surface area contributed by atoms with Crippen LogP contribution in [-0.4, -0.2) is 60.1 Å². The topological polar surface area (TPSA) is 83.7 Å². The molecule has 0 radical (unpaired) electrons. The molecule has 0 bridgehead atoms. The minimum atomic E-state index is -3.25. The summed E-state index contributed by atoms with van der Waals surface area (Å²) in [6.07, 6.45) is 3.53. The third-order valence-corrected chi connectivity index (χ3v) is 7.49. The Morgan fingerprint density at radius 3 is 2.79 bits per heavy atom.